The van der Waals surface area contributed by atoms with Crippen LogP contribution >= 0.6 is 23.2 Å². The van der Waals surface area contributed by atoms with E-state index >= 15 is 0 Å². The number of carbonyl (C=O) groups is 3. The Labute approximate surface area is 281 Å². The molecule has 4 aromatic rings. The van der Waals surface area contributed by atoms with Crippen molar-refractivity contribution in [1.29, 1.82) is 0 Å². The minimum atomic E-state index is -0.344. The van der Waals surface area contributed by atoms with E-state index in [-0.39, 0.29) is 31.1 Å². The van der Waals surface area contributed by atoms with Crippen molar-refractivity contribution in [3.05, 3.63) is 99.7 Å². The lowest BCUT2D eigenvalue weighted by atomic mass is 10.1. The van der Waals surface area contributed by atoms with Gasteiger partial charge in [0.2, 0.25) is 18.6 Å². The highest BCUT2D eigenvalue weighted by Crippen LogP contribution is 2.33. The first-order chi connectivity index (χ1) is 22.6. The van der Waals surface area contributed by atoms with E-state index in [9.17, 15) is 14.4 Å². The lowest BCUT2D eigenvalue weighted by molar-refractivity contribution is -0.131. The number of rotatable bonds is 8. The molecule has 3 aromatic carbocycles. The van der Waals surface area contributed by atoms with Crippen LogP contribution in [0.25, 0.3) is 0 Å². The fourth-order valence-corrected chi connectivity index (χ4v) is 5.52. The van der Waals surface area contributed by atoms with Crippen LogP contribution in [0.4, 0.5) is 11.4 Å². The van der Waals surface area contributed by atoms with Crippen molar-refractivity contribution in [1.82, 2.24) is 14.8 Å². The summed E-state index contributed by atoms with van der Waals surface area (Å²) in [4.78, 5) is 48.4. The molecule has 47 heavy (non-hydrogen) atoms. The van der Waals surface area contributed by atoms with Gasteiger partial charge in [0.25, 0.3) is 11.8 Å². The van der Waals surface area contributed by atoms with Crippen LogP contribution in [0, 0.1) is 6.92 Å². The number of hydrogen-bond donors (Lipinski definition) is 1. The molecule has 0 aliphatic carbocycles. The van der Waals surface area contributed by atoms with Gasteiger partial charge < -0.3 is 34.2 Å². The molecular formula is C34H31Cl2N5O6. The van der Waals surface area contributed by atoms with Gasteiger partial charge in [-0.2, -0.15) is 0 Å². The lowest BCUT2D eigenvalue weighted by Gasteiger charge is -2.35. The third-order valence-electron chi connectivity index (χ3n) is 7.90. The van der Waals surface area contributed by atoms with Gasteiger partial charge in [-0.15, -0.1) is 0 Å². The quantitative estimate of drug-likeness (QED) is 0.246. The van der Waals surface area contributed by atoms with Crippen molar-refractivity contribution >= 4 is 52.3 Å². The normalized spacial score (nSPS) is 13.7. The van der Waals surface area contributed by atoms with Crippen molar-refractivity contribution in [2.75, 3.05) is 56.8 Å². The van der Waals surface area contributed by atoms with Crippen molar-refractivity contribution in [3.63, 3.8) is 0 Å². The number of nitrogens with zero attached hydrogens (tertiary/aromatic N) is 4. The second kappa shape index (κ2) is 13.8. The molecule has 1 saturated heterocycles. The van der Waals surface area contributed by atoms with E-state index in [1.54, 1.807) is 52.3 Å². The Kier molecular flexibility index (Phi) is 9.37. The van der Waals surface area contributed by atoms with Gasteiger partial charge in [0.1, 0.15) is 5.75 Å². The summed E-state index contributed by atoms with van der Waals surface area (Å²) in [6.07, 6.45) is 1.50. The molecule has 3 amide bonds. The Morgan fingerprint density at radius 1 is 0.872 bits per heavy atom. The Bertz CT molecular complexity index is 1830. The third-order valence-corrected chi connectivity index (χ3v) is 8.64. The number of likely N-dealkylation sites (N-methyl/N-ethyl adjacent to an activating group) is 1. The van der Waals surface area contributed by atoms with Crippen molar-refractivity contribution in [2.45, 2.75) is 6.92 Å². The second-order valence-corrected chi connectivity index (χ2v) is 11.9. The average Bonchev–Trinajstić information content (AvgIpc) is 3.55. The molecule has 6 rings (SSSR count). The number of pyridine rings is 1. The van der Waals surface area contributed by atoms with E-state index < -0.39 is 0 Å². The number of carbonyl (C=O) groups excluding carboxylic acids is 3. The molecule has 11 nitrogen and oxygen atoms in total. The van der Waals surface area contributed by atoms with E-state index in [4.69, 9.17) is 37.4 Å². The summed E-state index contributed by atoms with van der Waals surface area (Å²) in [5.74, 6) is 1.71. The number of aryl methyl sites for hydroxylation is 1. The van der Waals surface area contributed by atoms with Gasteiger partial charge in [-0.25, -0.2) is 4.98 Å². The number of hydrogen-bond acceptors (Lipinski definition) is 8. The number of fused-ring (bicyclic) bond motifs is 1. The molecule has 13 heteroatoms. The number of benzene rings is 3. The molecule has 242 valence electrons. The standard InChI is InChI=1S/C34H31Cl2N5O6/c1-21-15-25(6-9-28(21)47-31-10-5-24(18-37-31)38-33(43)22-3-7-26(35)27(36)16-22)39(2)19-32(42)40-11-13-41(14-12-40)34(44)23-4-8-29-30(17-23)46-20-45-29/h3-10,15-18H,11-14,19-20H2,1-2H3,(H,38,43). The Morgan fingerprint density at radius 2 is 1.62 bits per heavy atom. The largest absolute Gasteiger partial charge is 0.454 e. The Hall–Kier alpha value is -5.00. The van der Waals surface area contributed by atoms with Gasteiger partial charge in [0, 0.05) is 56.1 Å². The van der Waals surface area contributed by atoms with Crippen molar-refractivity contribution in [2.24, 2.45) is 0 Å². The summed E-state index contributed by atoms with van der Waals surface area (Å²) in [5, 5.41) is 3.43. The molecule has 0 spiro atoms. The summed E-state index contributed by atoms with van der Waals surface area (Å²) in [5.41, 5.74) is 3.11. The molecule has 0 atom stereocenters. The summed E-state index contributed by atoms with van der Waals surface area (Å²) < 4.78 is 16.7. The summed E-state index contributed by atoms with van der Waals surface area (Å²) in [6.45, 7) is 4.07. The number of halogens is 2. The van der Waals surface area contributed by atoms with E-state index in [1.165, 1.54) is 12.3 Å². The predicted molar refractivity (Wildman–Crippen MR) is 178 cm³/mol. The predicted octanol–water partition coefficient (Wildman–Crippen LogP) is 5.89. The zero-order chi connectivity index (χ0) is 33.1. The van der Waals surface area contributed by atoms with E-state index in [1.807, 2.05) is 37.1 Å². The first-order valence-electron chi connectivity index (χ1n) is 14.8. The van der Waals surface area contributed by atoms with Crippen molar-refractivity contribution < 1.29 is 28.6 Å². The number of aromatic nitrogens is 1. The zero-order valence-corrected chi connectivity index (χ0v) is 27.2. The van der Waals surface area contributed by atoms with Crippen LogP contribution in [-0.2, 0) is 4.79 Å². The fourth-order valence-electron chi connectivity index (χ4n) is 5.22. The van der Waals surface area contributed by atoms with Crippen molar-refractivity contribution in [3.8, 4) is 23.1 Å². The fraction of sp³-hybridized carbons (Fsp3) is 0.235. The van der Waals surface area contributed by atoms with Gasteiger partial charge in [-0.05, 0) is 73.2 Å². The van der Waals surface area contributed by atoms with Gasteiger partial charge >= 0.3 is 0 Å². The summed E-state index contributed by atoms with van der Waals surface area (Å²) in [6, 6.07) is 18.8. The van der Waals surface area contributed by atoms with Crippen LogP contribution in [0.1, 0.15) is 26.3 Å². The van der Waals surface area contributed by atoms with Gasteiger partial charge in [-0.3, -0.25) is 14.4 Å². The highest BCUT2D eigenvalue weighted by atomic mass is 35.5. The topological polar surface area (TPSA) is 114 Å². The number of amides is 3. The van der Waals surface area contributed by atoms with Crippen LogP contribution in [0.2, 0.25) is 10.0 Å². The lowest BCUT2D eigenvalue weighted by Crippen LogP contribution is -2.52. The molecule has 1 fully saturated rings. The third kappa shape index (κ3) is 7.37. The van der Waals surface area contributed by atoms with E-state index in [2.05, 4.69) is 10.3 Å². The molecule has 1 N–H and O–H groups in total. The summed E-state index contributed by atoms with van der Waals surface area (Å²) >= 11 is 11.9. The molecule has 0 bridgehead atoms. The Balaban J connectivity index is 0.988. The van der Waals surface area contributed by atoms with E-state index in [0.717, 1.165) is 11.3 Å². The maximum atomic E-state index is 13.1. The molecule has 2 aliphatic rings. The van der Waals surface area contributed by atoms with Gasteiger partial charge in [0.15, 0.2) is 11.5 Å². The Morgan fingerprint density at radius 3 is 2.34 bits per heavy atom. The van der Waals surface area contributed by atoms with E-state index in [0.29, 0.717) is 76.2 Å². The minimum Gasteiger partial charge on any atom is -0.454 e. The van der Waals surface area contributed by atoms with Crippen LogP contribution < -0.4 is 24.4 Å². The smallest absolute Gasteiger partial charge is 0.255 e. The molecule has 0 saturated carbocycles. The molecule has 0 radical (unpaired) electrons. The van der Waals surface area contributed by atoms with Gasteiger partial charge in [-0.1, -0.05) is 23.2 Å². The highest BCUT2D eigenvalue weighted by Gasteiger charge is 2.27. The molecule has 0 unspecified atom stereocenters. The average molecular weight is 677 g/mol. The van der Waals surface area contributed by atoms with Gasteiger partial charge in [0.05, 0.1) is 28.5 Å². The molecular weight excluding hydrogens is 645 g/mol. The molecule has 1 aromatic heterocycles. The van der Waals surface area contributed by atoms with Crippen LogP contribution in [0.5, 0.6) is 23.1 Å². The zero-order valence-electron chi connectivity index (χ0n) is 25.7. The van der Waals surface area contributed by atoms with Crippen LogP contribution in [0.3, 0.4) is 0 Å². The monoisotopic (exact) mass is 675 g/mol. The second-order valence-electron chi connectivity index (χ2n) is 11.1. The minimum absolute atomic E-state index is 0.0174. The molecule has 3 heterocycles. The SMILES string of the molecule is Cc1cc(N(C)CC(=O)N2CCN(C(=O)c3ccc4c(c3)OCO4)CC2)ccc1Oc1ccc(NC(=O)c2ccc(Cl)c(Cl)c2)cn1. The number of anilines is 2. The highest BCUT2D eigenvalue weighted by molar-refractivity contribution is 6.42. The maximum absolute atomic E-state index is 13.1. The number of piperazine rings is 1. The summed E-state index contributed by atoms with van der Waals surface area (Å²) in [7, 11) is 1.86. The number of ether oxygens (including phenoxy) is 3. The first kappa shape index (κ1) is 32.0. The number of nitrogens with one attached hydrogen (secondary N) is 1. The van der Waals surface area contributed by atoms with Crippen LogP contribution in [-0.4, -0.2) is 79.1 Å². The molecule has 2 aliphatic heterocycles. The first-order valence-corrected chi connectivity index (χ1v) is 15.6. The van der Waals surface area contributed by atoms with Crippen LogP contribution in [0.15, 0.2) is 72.9 Å². The maximum Gasteiger partial charge on any atom is 0.255 e.